The minimum Gasteiger partial charge on any atom is -0.304 e. The molecule has 0 atom stereocenters. The normalized spacial score (nSPS) is 10.3. The van der Waals surface area contributed by atoms with Crippen molar-refractivity contribution in [1.29, 1.82) is 5.41 Å². The molecule has 0 aromatic heterocycles. The van der Waals surface area contributed by atoms with Gasteiger partial charge in [-0.3, -0.25) is 4.79 Å². The number of benzene rings is 1. The summed E-state index contributed by atoms with van der Waals surface area (Å²) in [5.74, 6) is 0.283. The van der Waals surface area contributed by atoms with E-state index >= 15 is 0 Å². The van der Waals surface area contributed by atoms with Crippen LogP contribution in [0, 0.1) is 11.3 Å². The van der Waals surface area contributed by atoms with Crippen molar-refractivity contribution in [3.63, 3.8) is 0 Å². The molecule has 0 aliphatic carbocycles. The molecular formula is C12H15NO. The van der Waals surface area contributed by atoms with Gasteiger partial charge in [0.15, 0.2) is 5.78 Å². The molecule has 0 radical (unpaired) electrons. The fourth-order valence-electron chi connectivity index (χ4n) is 1.22. The number of rotatable bonds is 3. The van der Waals surface area contributed by atoms with Gasteiger partial charge in [-0.05, 0) is 18.4 Å². The zero-order valence-electron chi connectivity index (χ0n) is 8.79. The van der Waals surface area contributed by atoms with Crippen LogP contribution >= 0.6 is 0 Å². The Bertz CT molecular complexity index is 349. The fraction of sp³-hybridized carbons (Fsp3) is 0.333. The maximum atomic E-state index is 11.0. The van der Waals surface area contributed by atoms with Crippen LogP contribution in [0.4, 0.5) is 0 Å². The number of nitrogens with one attached hydrogen (secondary N) is 1. The van der Waals surface area contributed by atoms with Crippen molar-refractivity contribution in [3.8, 4) is 0 Å². The molecule has 74 valence electrons. The summed E-state index contributed by atoms with van der Waals surface area (Å²) in [6, 6.07) is 7.21. The lowest BCUT2D eigenvalue weighted by Crippen LogP contribution is -2.07. The standard InChI is InChI=1S/C12H15NO/c1-8(2)12(13)11-6-4-10(5-7-11)9(3)14/h4-8,13H,1-3H3. The Morgan fingerprint density at radius 2 is 1.57 bits per heavy atom. The largest absolute Gasteiger partial charge is 0.304 e. The van der Waals surface area contributed by atoms with E-state index in [1.54, 1.807) is 19.1 Å². The van der Waals surface area contributed by atoms with E-state index < -0.39 is 0 Å². The highest BCUT2D eigenvalue weighted by Crippen LogP contribution is 2.10. The second-order valence-electron chi connectivity index (χ2n) is 3.70. The Hall–Kier alpha value is -1.44. The van der Waals surface area contributed by atoms with Crippen LogP contribution in [-0.4, -0.2) is 11.5 Å². The Balaban J connectivity index is 2.94. The summed E-state index contributed by atoms with van der Waals surface area (Å²) in [5, 5.41) is 7.78. The fourth-order valence-corrected chi connectivity index (χ4v) is 1.22. The summed E-state index contributed by atoms with van der Waals surface area (Å²) in [6.07, 6.45) is 0. The minimum absolute atomic E-state index is 0.0626. The molecule has 0 saturated carbocycles. The Morgan fingerprint density at radius 3 is 1.93 bits per heavy atom. The highest BCUT2D eigenvalue weighted by molar-refractivity contribution is 6.01. The first-order valence-corrected chi connectivity index (χ1v) is 4.72. The maximum Gasteiger partial charge on any atom is 0.159 e. The molecule has 0 amide bonds. The predicted octanol–water partition coefficient (Wildman–Crippen LogP) is 2.91. The molecule has 0 spiro atoms. The van der Waals surface area contributed by atoms with Crippen molar-refractivity contribution >= 4 is 11.5 Å². The molecule has 1 N–H and O–H groups in total. The van der Waals surface area contributed by atoms with Gasteiger partial charge >= 0.3 is 0 Å². The Labute approximate surface area is 84.5 Å². The minimum atomic E-state index is 0.0626. The van der Waals surface area contributed by atoms with Gasteiger partial charge in [0.05, 0.1) is 0 Å². The summed E-state index contributed by atoms with van der Waals surface area (Å²) >= 11 is 0. The van der Waals surface area contributed by atoms with E-state index in [1.807, 2.05) is 26.0 Å². The average Bonchev–Trinajstić information content (AvgIpc) is 2.16. The highest BCUT2D eigenvalue weighted by atomic mass is 16.1. The van der Waals surface area contributed by atoms with Gasteiger partial charge in [-0.1, -0.05) is 38.1 Å². The lowest BCUT2D eigenvalue weighted by Gasteiger charge is -2.07. The molecule has 0 aliphatic rings. The van der Waals surface area contributed by atoms with Crippen molar-refractivity contribution in [1.82, 2.24) is 0 Å². The number of carbonyl (C=O) groups is 1. The summed E-state index contributed by atoms with van der Waals surface area (Å²) in [4.78, 5) is 11.0. The molecule has 2 heteroatoms. The van der Waals surface area contributed by atoms with Crippen LogP contribution in [0.3, 0.4) is 0 Å². The van der Waals surface area contributed by atoms with E-state index in [2.05, 4.69) is 0 Å². The van der Waals surface area contributed by atoms with Crippen molar-refractivity contribution < 1.29 is 4.79 Å². The zero-order chi connectivity index (χ0) is 10.7. The molecule has 14 heavy (non-hydrogen) atoms. The third-order valence-electron chi connectivity index (χ3n) is 2.18. The number of Topliss-reactive ketones (excluding diaryl/α,β-unsaturated/α-hetero) is 1. The van der Waals surface area contributed by atoms with Gasteiger partial charge in [-0.15, -0.1) is 0 Å². The van der Waals surface area contributed by atoms with Crippen LogP contribution in [0.15, 0.2) is 24.3 Å². The van der Waals surface area contributed by atoms with Crippen LogP contribution < -0.4 is 0 Å². The molecule has 0 unspecified atom stereocenters. The molecule has 2 nitrogen and oxygen atoms in total. The zero-order valence-corrected chi connectivity index (χ0v) is 8.79. The molecule has 1 aromatic carbocycles. The first-order chi connectivity index (χ1) is 6.52. The first-order valence-electron chi connectivity index (χ1n) is 4.72. The number of hydrogen-bond donors (Lipinski definition) is 1. The number of carbonyl (C=O) groups excluding carboxylic acids is 1. The second kappa shape index (κ2) is 4.18. The van der Waals surface area contributed by atoms with E-state index in [9.17, 15) is 4.79 Å². The molecule has 1 rings (SSSR count). The van der Waals surface area contributed by atoms with Gasteiger partial charge in [0.2, 0.25) is 0 Å². The average molecular weight is 189 g/mol. The Morgan fingerprint density at radius 1 is 1.14 bits per heavy atom. The second-order valence-corrected chi connectivity index (χ2v) is 3.70. The van der Waals surface area contributed by atoms with Crippen molar-refractivity contribution in [3.05, 3.63) is 35.4 Å². The summed E-state index contributed by atoms with van der Waals surface area (Å²) in [5.41, 5.74) is 2.20. The number of ketones is 1. The lowest BCUT2D eigenvalue weighted by molar-refractivity contribution is 0.101. The first kappa shape index (κ1) is 10.6. The van der Waals surface area contributed by atoms with Crippen LogP contribution in [0.2, 0.25) is 0 Å². The van der Waals surface area contributed by atoms with Crippen LogP contribution in [0.1, 0.15) is 36.7 Å². The highest BCUT2D eigenvalue weighted by Gasteiger charge is 2.06. The molecule has 1 aromatic rings. The van der Waals surface area contributed by atoms with Crippen molar-refractivity contribution in [2.24, 2.45) is 5.92 Å². The third kappa shape index (κ3) is 2.28. The van der Waals surface area contributed by atoms with E-state index in [0.29, 0.717) is 11.3 Å². The summed E-state index contributed by atoms with van der Waals surface area (Å²) in [7, 11) is 0. The van der Waals surface area contributed by atoms with E-state index in [-0.39, 0.29) is 11.7 Å². The smallest absolute Gasteiger partial charge is 0.159 e. The van der Waals surface area contributed by atoms with Crippen LogP contribution in [-0.2, 0) is 0 Å². The summed E-state index contributed by atoms with van der Waals surface area (Å²) < 4.78 is 0. The molecule has 0 bridgehead atoms. The molecule has 0 heterocycles. The van der Waals surface area contributed by atoms with Gasteiger partial charge < -0.3 is 5.41 Å². The molecule has 0 fully saturated rings. The van der Waals surface area contributed by atoms with Crippen LogP contribution in [0.25, 0.3) is 0 Å². The monoisotopic (exact) mass is 189 g/mol. The number of hydrogen-bond acceptors (Lipinski definition) is 2. The van der Waals surface area contributed by atoms with Gasteiger partial charge in [-0.2, -0.15) is 0 Å². The quantitative estimate of drug-likeness (QED) is 0.576. The molecular weight excluding hydrogens is 174 g/mol. The Kier molecular flexibility index (Phi) is 3.18. The topological polar surface area (TPSA) is 40.9 Å². The van der Waals surface area contributed by atoms with Gasteiger partial charge in [0.25, 0.3) is 0 Å². The van der Waals surface area contributed by atoms with E-state index in [0.717, 1.165) is 5.56 Å². The van der Waals surface area contributed by atoms with Crippen molar-refractivity contribution in [2.75, 3.05) is 0 Å². The van der Waals surface area contributed by atoms with Crippen molar-refractivity contribution in [2.45, 2.75) is 20.8 Å². The predicted molar refractivity (Wildman–Crippen MR) is 58.1 cm³/mol. The van der Waals surface area contributed by atoms with Crippen LogP contribution in [0.5, 0.6) is 0 Å². The van der Waals surface area contributed by atoms with Gasteiger partial charge in [0, 0.05) is 11.3 Å². The lowest BCUT2D eigenvalue weighted by atomic mass is 9.99. The van der Waals surface area contributed by atoms with E-state index in [4.69, 9.17) is 5.41 Å². The third-order valence-corrected chi connectivity index (χ3v) is 2.18. The SMILES string of the molecule is CC(=O)c1ccc(C(=N)C(C)C)cc1. The summed E-state index contributed by atoms with van der Waals surface area (Å²) in [6.45, 7) is 5.52. The molecule has 0 saturated heterocycles. The van der Waals surface area contributed by atoms with E-state index in [1.165, 1.54) is 0 Å². The van der Waals surface area contributed by atoms with Gasteiger partial charge in [-0.25, -0.2) is 0 Å². The maximum absolute atomic E-state index is 11.0. The van der Waals surface area contributed by atoms with Gasteiger partial charge in [0.1, 0.15) is 0 Å². The molecule has 0 aliphatic heterocycles.